The summed E-state index contributed by atoms with van der Waals surface area (Å²) in [6.07, 6.45) is 12.7. The summed E-state index contributed by atoms with van der Waals surface area (Å²) in [7, 11) is 0. The van der Waals surface area contributed by atoms with Gasteiger partial charge in [0.2, 0.25) is 11.8 Å². The fraction of sp³-hybridized carbons (Fsp3) is 0.535. The largest absolute Gasteiger partial charge is 0.488 e. The lowest BCUT2D eigenvalue weighted by molar-refractivity contribution is -0.135. The molecule has 5 aliphatic rings. The number of anilines is 2. The number of H-pyrrole nitrogens is 1. The molecule has 2 aliphatic carbocycles. The standard InChI is InChI=1S/C43H51FN10O4/c1-43(12-13-43)58-30-6-7-33-31(20-30)41(50-49-33)35-23-39(46-25-45-35)53-18-16-51(17-19-53)24-27-2-4-28(5-3-27)57-29-10-14-52(15-11-29)37-22-34-38(21-32(37)44)54(26-47-34)36-8-9-40(55)48-42(36)56/h6-7,20-23,25-29,36H,2-5,8-19,24H2,1H3,(H,49,50)(H,48,55,56). The Balaban J connectivity index is 0.673. The molecule has 15 heteroatoms. The molecule has 6 heterocycles. The Hall–Kier alpha value is -5.15. The highest BCUT2D eigenvalue weighted by Crippen LogP contribution is 2.41. The van der Waals surface area contributed by atoms with Crippen molar-refractivity contribution in [3.05, 3.63) is 54.9 Å². The molecule has 14 nitrogen and oxygen atoms in total. The third-order valence-electron chi connectivity index (χ3n) is 13.1. The first-order valence-electron chi connectivity index (χ1n) is 21.1. The van der Waals surface area contributed by atoms with Crippen LogP contribution in [0.3, 0.4) is 0 Å². The van der Waals surface area contributed by atoms with Gasteiger partial charge < -0.3 is 23.8 Å². The molecule has 0 spiro atoms. The molecule has 58 heavy (non-hydrogen) atoms. The van der Waals surface area contributed by atoms with Crippen LogP contribution in [0.1, 0.15) is 77.2 Å². The second-order valence-electron chi connectivity index (χ2n) is 17.3. The second kappa shape index (κ2) is 15.2. The van der Waals surface area contributed by atoms with E-state index in [9.17, 15) is 9.59 Å². The number of piperidine rings is 2. The van der Waals surface area contributed by atoms with Crippen LogP contribution in [0, 0.1) is 11.7 Å². The first-order chi connectivity index (χ1) is 28.2. The Morgan fingerprint density at radius 3 is 2.43 bits per heavy atom. The Bertz CT molecular complexity index is 2320. The summed E-state index contributed by atoms with van der Waals surface area (Å²) in [5, 5.41) is 11.2. The zero-order chi connectivity index (χ0) is 39.4. The van der Waals surface area contributed by atoms with Crippen molar-refractivity contribution in [3.8, 4) is 17.1 Å². The molecule has 1 atom stereocenters. The predicted octanol–water partition coefficient (Wildman–Crippen LogP) is 5.78. The average molecular weight is 791 g/mol. The number of ether oxygens (including phenoxy) is 2. The van der Waals surface area contributed by atoms with E-state index in [1.165, 1.54) is 18.9 Å². The average Bonchev–Trinajstić information content (AvgIpc) is 3.60. The SMILES string of the molecule is CC1(Oc2ccc3[nH]nc(-c4cc(N5CCN(CC6CCC(OC7CCN(c8cc9ncn(C%10CCC(=O)NC%10=O)c9cc8F)CC7)CC6)CC5)ncn4)c3c2)CC1. The number of rotatable bonds is 10. The number of fused-ring (bicyclic) bond motifs is 2. The number of nitrogens with one attached hydrogen (secondary N) is 2. The summed E-state index contributed by atoms with van der Waals surface area (Å²) in [5.74, 6) is 1.51. The topological polar surface area (TPSA) is 147 Å². The highest BCUT2D eigenvalue weighted by molar-refractivity contribution is 6.00. The quantitative estimate of drug-likeness (QED) is 0.166. The van der Waals surface area contributed by atoms with Crippen molar-refractivity contribution in [2.75, 3.05) is 55.6 Å². The Labute approximate surface area is 336 Å². The zero-order valence-electron chi connectivity index (χ0n) is 33.0. The van der Waals surface area contributed by atoms with Gasteiger partial charge in [0.05, 0.1) is 46.5 Å². The number of benzene rings is 2. The molecule has 2 aromatic carbocycles. The third-order valence-corrected chi connectivity index (χ3v) is 13.1. The van der Waals surface area contributed by atoms with Crippen molar-refractivity contribution in [1.82, 2.24) is 39.9 Å². The minimum atomic E-state index is -0.570. The molecular weight excluding hydrogens is 740 g/mol. The number of carbonyl (C=O) groups is 2. The predicted molar refractivity (Wildman–Crippen MR) is 217 cm³/mol. The van der Waals surface area contributed by atoms with E-state index in [-0.39, 0.29) is 41.9 Å². The molecule has 3 aliphatic heterocycles. The molecular formula is C43H51FN10O4. The van der Waals surface area contributed by atoms with Crippen molar-refractivity contribution in [1.29, 1.82) is 0 Å². The minimum Gasteiger partial charge on any atom is -0.488 e. The fourth-order valence-electron chi connectivity index (χ4n) is 9.42. The van der Waals surface area contributed by atoms with Crippen LogP contribution in [0.25, 0.3) is 33.3 Å². The van der Waals surface area contributed by atoms with Crippen LogP contribution in [0.4, 0.5) is 15.9 Å². The van der Waals surface area contributed by atoms with Crippen molar-refractivity contribution in [2.24, 2.45) is 5.92 Å². The maximum absolute atomic E-state index is 15.5. The van der Waals surface area contributed by atoms with E-state index in [4.69, 9.17) is 9.47 Å². The number of amides is 2. The van der Waals surface area contributed by atoms with Crippen molar-refractivity contribution < 1.29 is 23.5 Å². The number of nitrogens with zero attached hydrogens (tertiary/aromatic N) is 8. The maximum Gasteiger partial charge on any atom is 0.249 e. The van der Waals surface area contributed by atoms with Crippen molar-refractivity contribution in [3.63, 3.8) is 0 Å². The normalized spacial score (nSPS) is 24.4. The number of hydrogen-bond donors (Lipinski definition) is 2. The summed E-state index contributed by atoms with van der Waals surface area (Å²) in [5.41, 5.74) is 4.28. The van der Waals surface area contributed by atoms with Gasteiger partial charge in [0.25, 0.3) is 0 Å². The van der Waals surface area contributed by atoms with E-state index >= 15 is 4.39 Å². The molecule has 5 fully saturated rings. The van der Waals surface area contributed by atoms with Crippen molar-refractivity contribution >= 4 is 45.3 Å². The van der Waals surface area contributed by atoms with Gasteiger partial charge in [-0.25, -0.2) is 19.3 Å². The van der Waals surface area contributed by atoms with Crippen LogP contribution in [0.5, 0.6) is 5.75 Å². The molecule has 0 bridgehead atoms. The minimum absolute atomic E-state index is 0.0440. The van der Waals surface area contributed by atoms with E-state index in [1.54, 1.807) is 23.3 Å². The number of piperazine rings is 1. The molecule has 5 aromatic rings. The van der Waals surface area contributed by atoms with Gasteiger partial charge in [-0.2, -0.15) is 5.10 Å². The van der Waals surface area contributed by atoms with Crippen LogP contribution in [0.2, 0.25) is 0 Å². The lowest BCUT2D eigenvalue weighted by atomic mass is 9.86. The first-order valence-corrected chi connectivity index (χ1v) is 21.1. The zero-order valence-corrected chi connectivity index (χ0v) is 33.0. The molecule has 2 N–H and O–H groups in total. The van der Waals surface area contributed by atoms with Gasteiger partial charge >= 0.3 is 0 Å². The molecule has 0 radical (unpaired) electrons. The van der Waals surface area contributed by atoms with Crippen LogP contribution >= 0.6 is 0 Å². The second-order valence-corrected chi connectivity index (χ2v) is 17.3. The Morgan fingerprint density at radius 1 is 0.862 bits per heavy atom. The van der Waals surface area contributed by atoms with Gasteiger partial charge in [0, 0.05) is 69.8 Å². The molecule has 3 saturated heterocycles. The van der Waals surface area contributed by atoms with E-state index in [0.717, 1.165) is 105 Å². The highest BCUT2D eigenvalue weighted by Gasteiger charge is 2.40. The first kappa shape index (κ1) is 37.1. The lowest BCUT2D eigenvalue weighted by Crippen LogP contribution is -2.48. The maximum atomic E-state index is 15.5. The Morgan fingerprint density at radius 2 is 1.66 bits per heavy atom. The number of hydrogen-bond acceptors (Lipinski definition) is 11. The van der Waals surface area contributed by atoms with Gasteiger partial charge in [0.15, 0.2) is 0 Å². The van der Waals surface area contributed by atoms with Crippen LogP contribution in [0.15, 0.2) is 49.1 Å². The molecule has 1 unspecified atom stereocenters. The number of carbonyl (C=O) groups excluding carboxylic acids is 2. The summed E-state index contributed by atoms with van der Waals surface area (Å²) in [4.78, 5) is 44.9. The van der Waals surface area contributed by atoms with Gasteiger partial charge in [-0.1, -0.05) is 0 Å². The number of aromatic nitrogens is 6. The third kappa shape index (κ3) is 7.61. The number of halogens is 1. The lowest BCUT2D eigenvalue weighted by Gasteiger charge is -2.39. The van der Waals surface area contributed by atoms with Crippen LogP contribution in [-0.2, 0) is 14.3 Å². The fourth-order valence-corrected chi connectivity index (χ4v) is 9.42. The Kier molecular flexibility index (Phi) is 9.75. The van der Waals surface area contributed by atoms with E-state index < -0.39 is 6.04 Å². The van der Waals surface area contributed by atoms with E-state index in [2.05, 4.69) is 64.2 Å². The highest BCUT2D eigenvalue weighted by atomic mass is 19.1. The number of aromatic amines is 1. The smallest absolute Gasteiger partial charge is 0.249 e. The number of imide groups is 1. The summed E-state index contributed by atoms with van der Waals surface area (Å²) < 4.78 is 30.1. The van der Waals surface area contributed by atoms with E-state index in [0.29, 0.717) is 42.1 Å². The van der Waals surface area contributed by atoms with Gasteiger partial charge in [-0.05, 0) is 94.9 Å². The summed E-state index contributed by atoms with van der Waals surface area (Å²) >= 11 is 0. The van der Waals surface area contributed by atoms with Gasteiger partial charge in [-0.3, -0.25) is 24.9 Å². The van der Waals surface area contributed by atoms with Gasteiger partial charge in [0.1, 0.15) is 41.0 Å². The van der Waals surface area contributed by atoms with Crippen LogP contribution < -0.4 is 19.9 Å². The molecule has 304 valence electrons. The van der Waals surface area contributed by atoms with E-state index in [1.807, 2.05) is 12.1 Å². The number of imidazole rings is 1. The van der Waals surface area contributed by atoms with Crippen LogP contribution in [-0.4, -0.2) is 110 Å². The van der Waals surface area contributed by atoms with Crippen molar-refractivity contribution in [2.45, 2.75) is 95.0 Å². The summed E-state index contributed by atoms with van der Waals surface area (Å²) in [6, 6.07) is 10.9. The molecule has 2 amide bonds. The molecule has 2 saturated carbocycles. The monoisotopic (exact) mass is 790 g/mol. The molecule has 10 rings (SSSR count). The summed E-state index contributed by atoms with van der Waals surface area (Å²) in [6.45, 7) is 8.58. The molecule has 3 aromatic heterocycles. The van der Waals surface area contributed by atoms with Gasteiger partial charge in [-0.15, -0.1) is 0 Å².